The highest BCUT2D eigenvalue weighted by Crippen LogP contribution is 2.26. The van der Waals surface area contributed by atoms with Crippen molar-refractivity contribution in [2.75, 3.05) is 51.3 Å². The van der Waals surface area contributed by atoms with Crippen LogP contribution in [0.15, 0.2) is 42.5 Å². The zero-order valence-corrected chi connectivity index (χ0v) is 26.3. The number of aldehydes is 1. The molecule has 0 amide bonds. The van der Waals surface area contributed by atoms with Crippen molar-refractivity contribution in [3.05, 3.63) is 59.2 Å². The Labute approximate surface area is 247 Å². The molecule has 0 spiro atoms. The van der Waals surface area contributed by atoms with E-state index in [0.717, 1.165) is 80.8 Å². The molecule has 2 atom stereocenters. The lowest BCUT2D eigenvalue weighted by Gasteiger charge is -2.36. The van der Waals surface area contributed by atoms with Gasteiger partial charge in [-0.05, 0) is 96.0 Å². The Morgan fingerprint density at radius 3 is 2.46 bits per heavy atom. The first-order valence-corrected chi connectivity index (χ1v) is 15.2. The summed E-state index contributed by atoms with van der Waals surface area (Å²) in [6.07, 6.45) is 3.68. The van der Waals surface area contributed by atoms with Crippen LogP contribution < -0.4 is 9.64 Å². The fourth-order valence-electron chi connectivity index (χ4n) is 5.59. The number of rotatable bonds is 15. The molecule has 3 rings (SSSR count). The van der Waals surface area contributed by atoms with Crippen LogP contribution >= 0.6 is 0 Å². The second kappa shape index (κ2) is 15.5. The average molecular weight is 566 g/mol. The number of hydrogen-bond donors (Lipinski definition) is 0. The fraction of sp³-hybridized carbons (Fsp3) is 0.588. The van der Waals surface area contributed by atoms with Crippen LogP contribution in [0.1, 0.15) is 88.4 Å². The van der Waals surface area contributed by atoms with Crippen LogP contribution in [0.4, 0.5) is 5.69 Å². The normalized spacial score (nSPS) is 16.0. The molecule has 226 valence electrons. The van der Waals surface area contributed by atoms with Crippen LogP contribution in [0, 0.1) is 0 Å². The van der Waals surface area contributed by atoms with Gasteiger partial charge in [-0.25, -0.2) is 0 Å². The van der Waals surface area contributed by atoms with Gasteiger partial charge in [0.1, 0.15) is 17.8 Å². The van der Waals surface area contributed by atoms with E-state index < -0.39 is 0 Å². The zero-order chi connectivity index (χ0) is 30.0. The molecular weight excluding hydrogens is 514 g/mol. The summed E-state index contributed by atoms with van der Waals surface area (Å²) in [6, 6.07) is 14.2. The van der Waals surface area contributed by atoms with Gasteiger partial charge in [0.25, 0.3) is 0 Å². The van der Waals surface area contributed by atoms with Crippen LogP contribution in [0.3, 0.4) is 0 Å². The number of ether oxygens (including phenoxy) is 2. The van der Waals surface area contributed by atoms with Gasteiger partial charge in [0.2, 0.25) is 0 Å². The summed E-state index contributed by atoms with van der Waals surface area (Å²) in [6.45, 7) is 18.2. The second-order valence-corrected chi connectivity index (χ2v) is 12.3. The van der Waals surface area contributed by atoms with Crippen LogP contribution in [0.2, 0.25) is 0 Å². The van der Waals surface area contributed by atoms with E-state index in [-0.39, 0.29) is 23.5 Å². The first-order chi connectivity index (χ1) is 19.5. The number of ketones is 1. The summed E-state index contributed by atoms with van der Waals surface area (Å²) >= 11 is 0. The molecular formula is C34H51N3O4. The third-order valence-electron chi connectivity index (χ3n) is 7.72. The van der Waals surface area contributed by atoms with E-state index in [1.165, 1.54) is 0 Å². The van der Waals surface area contributed by atoms with Crippen LogP contribution in [0.5, 0.6) is 5.75 Å². The predicted octanol–water partition coefficient (Wildman–Crippen LogP) is 6.16. The molecule has 7 nitrogen and oxygen atoms in total. The third-order valence-corrected chi connectivity index (χ3v) is 7.72. The van der Waals surface area contributed by atoms with Crippen molar-refractivity contribution in [1.82, 2.24) is 9.80 Å². The van der Waals surface area contributed by atoms with Gasteiger partial charge in [-0.1, -0.05) is 25.5 Å². The zero-order valence-electron chi connectivity index (χ0n) is 26.3. The maximum Gasteiger partial charge on any atom is 0.150 e. The van der Waals surface area contributed by atoms with Gasteiger partial charge in [0, 0.05) is 50.5 Å². The highest BCUT2D eigenvalue weighted by Gasteiger charge is 2.22. The third kappa shape index (κ3) is 10.2. The maximum atomic E-state index is 12.2. The van der Waals surface area contributed by atoms with Crippen LogP contribution in [0.25, 0.3) is 0 Å². The van der Waals surface area contributed by atoms with Crippen molar-refractivity contribution in [2.45, 2.75) is 85.1 Å². The lowest BCUT2D eigenvalue weighted by molar-refractivity contribution is -0.122. The van der Waals surface area contributed by atoms with E-state index in [2.05, 4.69) is 67.5 Å². The van der Waals surface area contributed by atoms with Gasteiger partial charge in [-0.15, -0.1) is 0 Å². The molecule has 2 aromatic carbocycles. The number of benzene rings is 2. The fourth-order valence-corrected chi connectivity index (χ4v) is 5.59. The van der Waals surface area contributed by atoms with Crippen LogP contribution in [-0.2, 0) is 16.1 Å². The molecule has 1 aliphatic heterocycles. The van der Waals surface area contributed by atoms with Crippen molar-refractivity contribution >= 4 is 17.8 Å². The Balaban J connectivity index is 1.48. The maximum absolute atomic E-state index is 12.2. The van der Waals surface area contributed by atoms with Crippen molar-refractivity contribution in [3.8, 4) is 5.75 Å². The second-order valence-electron chi connectivity index (χ2n) is 12.3. The molecule has 1 saturated heterocycles. The number of nitrogens with zero attached hydrogens (tertiary/aromatic N) is 3. The summed E-state index contributed by atoms with van der Waals surface area (Å²) in [7, 11) is 1.98. The van der Waals surface area contributed by atoms with Gasteiger partial charge in [0.05, 0.1) is 24.4 Å². The molecule has 2 unspecified atom stereocenters. The Bertz CT molecular complexity index is 1120. The van der Waals surface area contributed by atoms with Crippen molar-refractivity contribution in [3.63, 3.8) is 0 Å². The van der Waals surface area contributed by atoms with E-state index in [0.29, 0.717) is 18.7 Å². The highest BCUT2D eigenvalue weighted by atomic mass is 16.5. The Hall–Kier alpha value is -2.74. The Kier molecular flexibility index (Phi) is 12.4. The largest absolute Gasteiger partial charge is 0.494 e. The summed E-state index contributed by atoms with van der Waals surface area (Å²) in [4.78, 5) is 30.9. The van der Waals surface area contributed by atoms with Crippen LogP contribution in [-0.4, -0.2) is 79.9 Å². The molecule has 41 heavy (non-hydrogen) atoms. The Morgan fingerprint density at radius 1 is 1.10 bits per heavy atom. The number of likely N-dealkylation sites (N-methyl/N-ethyl adjacent to an activating group) is 1. The molecule has 0 bridgehead atoms. The first kappa shape index (κ1) is 32.8. The monoisotopic (exact) mass is 565 g/mol. The van der Waals surface area contributed by atoms with Crippen molar-refractivity contribution in [2.24, 2.45) is 0 Å². The Morgan fingerprint density at radius 2 is 1.83 bits per heavy atom. The van der Waals surface area contributed by atoms with Crippen molar-refractivity contribution < 1.29 is 19.1 Å². The molecule has 1 fully saturated rings. The minimum Gasteiger partial charge on any atom is -0.494 e. The molecule has 2 aromatic rings. The van der Waals surface area contributed by atoms with E-state index in [4.69, 9.17) is 9.47 Å². The minimum atomic E-state index is -0.188. The predicted molar refractivity (Wildman–Crippen MR) is 167 cm³/mol. The number of hydrogen-bond acceptors (Lipinski definition) is 7. The number of carbonyl (C=O) groups is 2. The topological polar surface area (TPSA) is 62.3 Å². The van der Waals surface area contributed by atoms with Crippen molar-refractivity contribution in [1.29, 1.82) is 0 Å². The van der Waals surface area contributed by atoms with E-state index >= 15 is 0 Å². The smallest absolute Gasteiger partial charge is 0.150 e. The lowest BCUT2D eigenvalue weighted by Crippen LogP contribution is -2.46. The molecule has 0 radical (unpaired) electrons. The van der Waals surface area contributed by atoms with Gasteiger partial charge in [-0.3, -0.25) is 19.4 Å². The first-order valence-electron chi connectivity index (χ1n) is 15.2. The molecule has 0 N–H and O–H groups in total. The van der Waals surface area contributed by atoms with Gasteiger partial charge in [-0.2, -0.15) is 0 Å². The summed E-state index contributed by atoms with van der Waals surface area (Å²) in [5, 5.41) is 0. The number of piperazine rings is 1. The quantitative estimate of drug-likeness (QED) is 0.189. The standard InChI is InChI=1S/C34H51N3O4/c1-8-11-33(26(2)39)35(7)24-30-22-31(15-14-29(30)25-38)37-19-17-36(18-20-37)16-10-21-40-32-13-9-12-28(23-32)27(3)41-34(4,5)6/h9,12-15,22-23,25,27,33H,8,10-11,16-21,24H2,1-7H3. The van der Waals surface area contributed by atoms with E-state index in [1.807, 2.05) is 31.3 Å². The summed E-state index contributed by atoms with van der Waals surface area (Å²) < 4.78 is 12.2. The molecule has 1 aliphatic rings. The number of Topliss-reactive ketones (excluding diaryl/α,β-unsaturated/α-hetero) is 1. The van der Waals surface area contributed by atoms with Gasteiger partial charge < -0.3 is 14.4 Å². The average Bonchev–Trinajstić information content (AvgIpc) is 2.93. The lowest BCUT2D eigenvalue weighted by atomic mass is 10.0. The molecule has 0 saturated carbocycles. The summed E-state index contributed by atoms with van der Waals surface area (Å²) in [5.74, 6) is 1.06. The SMILES string of the molecule is CCCC(C(C)=O)N(C)Cc1cc(N2CCN(CCCOc3cccc(C(C)OC(C)(C)C)c3)CC2)ccc1C=O. The molecule has 0 aliphatic carbocycles. The molecule has 0 aromatic heterocycles. The van der Waals surface area contributed by atoms with Gasteiger partial charge >= 0.3 is 0 Å². The van der Waals surface area contributed by atoms with E-state index in [9.17, 15) is 9.59 Å². The number of anilines is 1. The summed E-state index contributed by atoms with van der Waals surface area (Å²) in [5.41, 5.74) is 3.75. The molecule has 1 heterocycles. The number of carbonyl (C=O) groups excluding carboxylic acids is 2. The minimum absolute atomic E-state index is 0.0139. The van der Waals surface area contributed by atoms with Gasteiger partial charge in [0.15, 0.2) is 0 Å². The van der Waals surface area contributed by atoms with E-state index in [1.54, 1.807) is 6.92 Å². The highest BCUT2D eigenvalue weighted by molar-refractivity contribution is 5.81. The molecule has 7 heteroatoms.